The highest BCUT2D eigenvalue weighted by molar-refractivity contribution is 7.94. The number of benzene rings is 1. The summed E-state index contributed by atoms with van der Waals surface area (Å²) in [7, 11) is -4.04. The minimum atomic E-state index is -4.04. The number of nitrogens with zero attached hydrogens (tertiary/aromatic N) is 2. The van der Waals surface area contributed by atoms with Gasteiger partial charge in [0.1, 0.15) is 4.75 Å². The van der Waals surface area contributed by atoms with Crippen LogP contribution in [0.25, 0.3) is 0 Å². The van der Waals surface area contributed by atoms with E-state index in [1.54, 1.807) is 36.4 Å². The second kappa shape index (κ2) is 7.56. The minimum Gasteiger partial charge on any atom is -0.282 e. The third kappa shape index (κ3) is 3.25. The van der Waals surface area contributed by atoms with Gasteiger partial charge in [0.15, 0.2) is 0 Å². The van der Waals surface area contributed by atoms with Gasteiger partial charge in [-0.05, 0) is 36.1 Å². The monoisotopic (exact) mass is 471 g/mol. The molecule has 1 aromatic heterocycles. The van der Waals surface area contributed by atoms with Crippen LogP contribution in [0.1, 0.15) is 47.9 Å². The second-order valence-electron chi connectivity index (χ2n) is 8.74. The maximum atomic E-state index is 13.7. The van der Waals surface area contributed by atoms with Crippen molar-refractivity contribution in [3.05, 3.63) is 77.1 Å². The van der Waals surface area contributed by atoms with Crippen LogP contribution in [0.3, 0.4) is 0 Å². The number of anilines is 2. The smallest absolute Gasteiger partial charge is 0.268 e. The molecular weight excluding hydrogens is 450 g/mol. The van der Waals surface area contributed by atoms with Crippen molar-refractivity contribution in [2.75, 3.05) is 9.62 Å². The molecule has 0 radical (unpaired) electrons. The van der Waals surface area contributed by atoms with Crippen LogP contribution >= 0.6 is 11.6 Å². The Bertz CT molecular complexity index is 1280. The number of aromatic nitrogens is 1. The molecule has 0 spiro atoms. The number of carbonyl (C=O) groups excluding carboxylic acids is 2. The number of sulfonamides is 1. The number of nitrogens with one attached hydrogen (secondary N) is 1. The lowest BCUT2D eigenvalue weighted by Crippen LogP contribution is -2.51. The molecule has 7 nitrogen and oxygen atoms in total. The fourth-order valence-electron chi connectivity index (χ4n) is 4.12. The molecule has 1 unspecified atom stereocenters. The number of pyridine rings is 1. The largest absolute Gasteiger partial charge is 0.282 e. The van der Waals surface area contributed by atoms with E-state index in [1.807, 2.05) is 20.8 Å². The molecule has 1 N–H and O–H groups in total. The fraction of sp³-hybridized carbons (Fsp3) is 0.261. The average molecular weight is 472 g/mol. The van der Waals surface area contributed by atoms with Crippen molar-refractivity contribution in [3.63, 3.8) is 0 Å². The summed E-state index contributed by atoms with van der Waals surface area (Å²) in [5.74, 6) is -1.29. The predicted octanol–water partition coefficient (Wildman–Crippen LogP) is 4.58. The van der Waals surface area contributed by atoms with E-state index in [0.717, 1.165) is 4.90 Å². The van der Waals surface area contributed by atoms with Crippen LogP contribution in [-0.2, 0) is 10.0 Å². The van der Waals surface area contributed by atoms with Gasteiger partial charge in [-0.15, -0.1) is 0 Å². The predicted molar refractivity (Wildman–Crippen MR) is 124 cm³/mol. The van der Waals surface area contributed by atoms with Crippen LogP contribution in [0.4, 0.5) is 11.4 Å². The first-order valence-electron chi connectivity index (χ1n) is 9.98. The molecule has 0 saturated heterocycles. The molecule has 9 heteroatoms. The van der Waals surface area contributed by atoms with E-state index in [9.17, 15) is 18.0 Å². The fourth-order valence-corrected chi connectivity index (χ4v) is 6.38. The summed E-state index contributed by atoms with van der Waals surface area (Å²) in [6.07, 6.45) is 10.1. The topological polar surface area (TPSA) is 96.4 Å². The normalized spacial score (nSPS) is 20.6. The van der Waals surface area contributed by atoms with Crippen molar-refractivity contribution in [1.29, 1.82) is 0 Å². The highest BCUT2D eigenvalue weighted by Crippen LogP contribution is 2.45. The standard InChI is InChI=1S/C23H22ClN3O4S/c1-22(2,3)23(11-5-4-6-12-23)32(30,31)26-17-10-9-16(24)18-19(17)21(29)27(20(18)28)15-8-7-13-25-14-15/h4-11,13-14,26H,12H2,1-3H3. The van der Waals surface area contributed by atoms with Crippen LogP contribution in [-0.4, -0.2) is 30.0 Å². The zero-order valence-corrected chi connectivity index (χ0v) is 19.4. The maximum Gasteiger partial charge on any atom is 0.268 e. The van der Waals surface area contributed by atoms with Gasteiger partial charge in [0.05, 0.1) is 33.7 Å². The Kier molecular flexibility index (Phi) is 5.26. The number of rotatable bonds is 4. The van der Waals surface area contributed by atoms with Gasteiger partial charge < -0.3 is 0 Å². The van der Waals surface area contributed by atoms with Crippen LogP contribution < -0.4 is 9.62 Å². The van der Waals surface area contributed by atoms with Gasteiger partial charge >= 0.3 is 0 Å². The lowest BCUT2D eigenvalue weighted by Gasteiger charge is -2.42. The van der Waals surface area contributed by atoms with E-state index < -0.39 is 32.0 Å². The summed E-state index contributed by atoms with van der Waals surface area (Å²) in [5.41, 5.74) is -0.480. The maximum absolute atomic E-state index is 13.7. The Labute approximate surface area is 191 Å². The molecule has 32 heavy (non-hydrogen) atoms. The zero-order chi connectivity index (χ0) is 23.3. The van der Waals surface area contributed by atoms with E-state index >= 15 is 0 Å². The molecule has 0 bridgehead atoms. The third-order valence-electron chi connectivity index (χ3n) is 5.92. The van der Waals surface area contributed by atoms with Gasteiger partial charge in [-0.3, -0.25) is 19.3 Å². The summed E-state index contributed by atoms with van der Waals surface area (Å²) >= 11 is 6.26. The molecule has 2 aromatic rings. The molecule has 1 aliphatic carbocycles. The Morgan fingerprint density at radius 2 is 1.81 bits per heavy atom. The van der Waals surface area contributed by atoms with Crippen LogP contribution in [0.2, 0.25) is 5.02 Å². The Hall–Kier alpha value is -2.97. The molecule has 0 saturated carbocycles. The third-order valence-corrected chi connectivity index (χ3v) is 8.60. The minimum absolute atomic E-state index is 0.0146. The van der Waals surface area contributed by atoms with Gasteiger partial charge in [0.2, 0.25) is 10.0 Å². The van der Waals surface area contributed by atoms with E-state index in [0.29, 0.717) is 0 Å². The summed E-state index contributed by atoms with van der Waals surface area (Å²) < 4.78 is 28.7. The van der Waals surface area contributed by atoms with E-state index in [4.69, 9.17) is 11.6 Å². The molecule has 0 fully saturated rings. The molecular formula is C23H22ClN3O4S. The number of hydrogen-bond donors (Lipinski definition) is 1. The van der Waals surface area contributed by atoms with E-state index in [1.165, 1.54) is 24.5 Å². The number of amides is 2. The second-order valence-corrected chi connectivity index (χ2v) is 11.1. The van der Waals surface area contributed by atoms with Crippen molar-refractivity contribution in [2.45, 2.75) is 31.9 Å². The number of halogens is 1. The number of hydrogen-bond acceptors (Lipinski definition) is 5. The van der Waals surface area contributed by atoms with Gasteiger partial charge in [-0.1, -0.05) is 56.7 Å². The Morgan fingerprint density at radius 1 is 1.09 bits per heavy atom. The average Bonchev–Trinajstić information content (AvgIpc) is 3.01. The van der Waals surface area contributed by atoms with Gasteiger partial charge in [-0.2, -0.15) is 0 Å². The molecule has 2 aliphatic rings. The van der Waals surface area contributed by atoms with E-state index in [-0.39, 0.29) is 33.9 Å². The van der Waals surface area contributed by atoms with Crippen LogP contribution in [0.5, 0.6) is 0 Å². The molecule has 1 aliphatic heterocycles. The van der Waals surface area contributed by atoms with Crippen molar-refractivity contribution in [1.82, 2.24) is 4.98 Å². The Balaban J connectivity index is 1.82. The quantitative estimate of drug-likeness (QED) is 0.658. The first-order chi connectivity index (χ1) is 15.0. The van der Waals surface area contributed by atoms with Gasteiger partial charge in [0.25, 0.3) is 11.8 Å². The highest BCUT2D eigenvalue weighted by atomic mass is 35.5. The first-order valence-corrected chi connectivity index (χ1v) is 11.8. The Morgan fingerprint density at radius 3 is 2.41 bits per heavy atom. The highest BCUT2D eigenvalue weighted by Gasteiger charge is 2.51. The van der Waals surface area contributed by atoms with Crippen molar-refractivity contribution in [2.24, 2.45) is 5.41 Å². The lowest BCUT2D eigenvalue weighted by atomic mass is 9.76. The van der Waals surface area contributed by atoms with Gasteiger partial charge in [0, 0.05) is 6.20 Å². The summed E-state index contributed by atoms with van der Waals surface area (Å²) in [4.78, 5) is 31.3. The number of carbonyl (C=O) groups is 2. The molecule has 1 atom stereocenters. The van der Waals surface area contributed by atoms with Crippen molar-refractivity contribution >= 4 is 44.8 Å². The van der Waals surface area contributed by atoms with Crippen molar-refractivity contribution < 1.29 is 18.0 Å². The molecule has 2 heterocycles. The summed E-state index contributed by atoms with van der Waals surface area (Å²) in [6.45, 7) is 5.54. The lowest BCUT2D eigenvalue weighted by molar-refractivity contribution is 0.0926. The number of imide groups is 1. The summed E-state index contributed by atoms with van der Waals surface area (Å²) in [6, 6.07) is 5.99. The first kappa shape index (κ1) is 22.2. The molecule has 166 valence electrons. The number of allylic oxidation sites excluding steroid dienone is 3. The molecule has 4 rings (SSSR count). The molecule has 1 aromatic carbocycles. The molecule has 2 amide bonds. The van der Waals surface area contributed by atoms with Crippen LogP contribution in [0.15, 0.2) is 61.0 Å². The summed E-state index contributed by atoms with van der Waals surface area (Å²) in [5, 5.41) is 0.0683. The van der Waals surface area contributed by atoms with Crippen LogP contribution in [0, 0.1) is 5.41 Å². The van der Waals surface area contributed by atoms with E-state index in [2.05, 4.69) is 9.71 Å². The number of fused-ring (bicyclic) bond motifs is 1. The zero-order valence-electron chi connectivity index (χ0n) is 17.8. The van der Waals surface area contributed by atoms with Gasteiger partial charge in [-0.25, -0.2) is 13.3 Å². The SMILES string of the molecule is CC(C)(C)C1(S(=O)(=O)Nc2ccc(Cl)c3c2C(=O)N(c2cccnc2)C3=O)C=CC=CC1. The van der Waals surface area contributed by atoms with Crippen molar-refractivity contribution in [3.8, 4) is 0 Å².